The maximum atomic E-state index is 11.3. The molecule has 1 atom stereocenters. The van der Waals surface area contributed by atoms with Gasteiger partial charge in [0.2, 0.25) is 5.91 Å². The number of carbonyl (C=O) groups is 1. The first kappa shape index (κ1) is 13.7. The predicted octanol–water partition coefficient (Wildman–Crippen LogP) is 1.63. The highest BCUT2D eigenvalue weighted by molar-refractivity contribution is 7.14. The second-order valence-electron chi connectivity index (χ2n) is 3.65. The van der Waals surface area contributed by atoms with Gasteiger partial charge >= 0.3 is 0 Å². The van der Waals surface area contributed by atoms with E-state index in [4.69, 9.17) is 6.42 Å². The zero-order chi connectivity index (χ0) is 12.8. The normalized spacial score (nSPS) is 11.9. The van der Waals surface area contributed by atoms with Crippen LogP contribution in [0.5, 0.6) is 0 Å². The summed E-state index contributed by atoms with van der Waals surface area (Å²) in [5, 5.41) is 5.84. The van der Waals surface area contributed by atoms with Crippen molar-refractivity contribution >= 4 is 22.4 Å². The number of thiazole rings is 1. The molecule has 1 unspecified atom stereocenters. The van der Waals surface area contributed by atoms with Crippen molar-refractivity contribution in [2.24, 2.45) is 0 Å². The number of carbonyl (C=O) groups excluding carboxylic acids is 1. The lowest BCUT2D eigenvalue weighted by Crippen LogP contribution is -2.28. The minimum Gasteiger partial charge on any atom is -0.298 e. The second-order valence-corrected chi connectivity index (χ2v) is 4.49. The molecule has 0 aliphatic heterocycles. The smallest absolute Gasteiger partial charge is 0.225 e. The van der Waals surface area contributed by atoms with Crippen LogP contribution in [0, 0.1) is 12.3 Å². The molecule has 0 bridgehead atoms. The van der Waals surface area contributed by atoms with Gasteiger partial charge in [0.1, 0.15) is 0 Å². The van der Waals surface area contributed by atoms with Crippen LogP contribution in [0.3, 0.4) is 0 Å². The van der Waals surface area contributed by atoms with Crippen LogP contribution in [0.25, 0.3) is 0 Å². The topological polar surface area (TPSA) is 45.2 Å². The van der Waals surface area contributed by atoms with Crippen molar-refractivity contribution in [3.05, 3.63) is 11.1 Å². The highest BCUT2D eigenvalue weighted by atomic mass is 32.1. The fourth-order valence-corrected chi connectivity index (χ4v) is 2.24. The number of nitrogens with one attached hydrogen (secondary N) is 1. The maximum absolute atomic E-state index is 11.3. The molecule has 0 aromatic carbocycles. The largest absolute Gasteiger partial charge is 0.298 e. The highest BCUT2D eigenvalue weighted by Gasteiger charge is 2.13. The molecule has 1 aromatic rings. The van der Waals surface area contributed by atoms with E-state index in [9.17, 15) is 4.79 Å². The minimum absolute atomic E-state index is 0.0124. The molecule has 0 aliphatic carbocycles. The Morgan fingerprint density at radius 1 is 1.76 bits per heavy atom. The Bertz CT molecular complexity index is 422. The fraction of sp³-hybridized carbons (Fsp3) is 0.500. The molecule has 1 amide bonds. The Kier molecular flexibility index (Phi) is 5.13. The van der Waals surface area contributed by atoms with Crippen molar-refractivity contribution < 1.29 is 4.79 Å². The third-order valence-corrected chi connectivity index (χ3v) is 3.22. The van der Waals surface area contributed by atoms with Gasteiger partial charge in [-0.3, -0.25) is 15.0 Å². The quantitative estimate of drug-likeness (QED) is 0.809. The Morgan fingerprint density at radius 2 is 2.47 bits per heavy atom. The average molecular weight is 251 g/mol. The molecule has 92 valence electrons. The summed E-state index contributed by atoms with van der Waals surface area (Å²) in [5.41, 5.74) is 0.909. The van der Waals surface area contributed by atoms with Crippen molar-refractivity contribution in [2.75, 3.05) is 11.4 Å². The van der Waals surface area contributed by atoms with E-state index in [1.165, 1.54) is 11.3 Å². The monoisotopic (exact) mass is 251 g/mol. The van der Waals surface area contributed by atoms with Gasteiger partial charge in [-0.2, -0.15) is 0 Å². The summed E-state index contributed by atoms with van der Waals surface area (Å²) in [6, 6.07) is 0.0234. The third kappa shape index (κ3) is 3.84. The van der Waals surface area contributed by atoms with Crippen LogP contribution in [0.4, 0.5) is 5.13 Å². The van der Waals surface area contributed by atoms with Crippen molar-refractivity contribution in [2.45, 2.75) is 33.4 Å². The maximum Gasteiger partial charge on any atom is 0.225 e. The van der Waals surface area contributed by atoms with E-state index < -0.39 is 0 Å². The fourth-order valence-electron chi connectivity index (χ4n) is 1.31. The van der Waals surface area contributed by atoms with Gasteiger partial charge in [0.05, 0.1) is 11.7 Å². The molecule has 1 N–H and O–H groups in total. The molecule has 0 fully saturated rings. The van der Waals surface area contributed by atoms with E-state index in [0.29, 0.717) is 13.1 Å². The number of nitrogens with zero attached hydrogens (tertiary/aromatic N) is 2. The van der Waals surface area contributed by atoms with Crippen LogP contribution in [-0.2, 0) is 11.3 Å². The minimum atomic E-state index is 0.0124. The molecule has 1 aromatic heterocycles. The molecule has 4 nitrogen and oxygen atoms in total. The van der Waals surface area contributed by atoms with Crippen LogP contribution in [0.15, 0.2) is 5.38 Å². The van der Waals surface area contributed by atoms with E-state index >= 15 is 0 Å². The molecule has 0 saturated heterocycles. The number of hydrogen-bond acceptors (Lipinski definition) is 4. The zero-order valence-electron chi connectivity index (χ0n) is 10.4. The number of terminal acetylenes is 1. The van der Waals surface area contributed by atoms with Crippen LogP contribution < -0.4 is 10.2 Å². The van der Waals surface area contributed by atoms with E-state index in [1.54, 1.807) is 11.8 Å². The van der Waals surface area contributed by atoms with Crippen LogP contribution in [0.2, 0.25) is 0 Å². The summed E-state index contributed by atoms with van der Waals surface area (Å²) in [6.45, 7) is 6.65. The van der Waals surface area contributed by atoms with Crippen LogP contribution in [-0.4, -0.2) is 23.5 Å². The zero-order valence-corrected chi connectivity index (χ0v) is 11.2. The highest BCUT2D eigenvalue weighted by Crippen LogP contribution is 2.20. The number of amides is 1. The summed E-state index contributed by atoms with van der Waals surface area (Å²) in [5.74, 6) is 2.61. The molecule has 5 heteroatoms. The van der Waals surface area contributed by atoms with Gasteiger partial charge in [-0.25, -0.2) is 4.98 Å². The molecule has 0 saturated carbocycles. The van der Waals surface area contributed by atoms with E-state index in [-0.39, 0.29) is 11.9 Å². The Morgan fingerprint density at radius 3 is 3.00 bits per heavy atom. The molecule has 1 heterocycles. The second kappa shape index (κ2) is 6.38. The lowest BCUT2D eigenvalue weighted by molar-refractivity contribution is -0.116. The molecule has 1 rings (SSSR count). The van der Waals surface area contributed by atoms with Gasteiger partial charge in [0, 0.05) is 25.4 Å². The van der Waals surface area contributed by atoms with Crippen LogP contribution >= 0.6 is 11.3 Å². The lowest BCUT2D eigenvalue weighted by Gasteiger charge is -2.14. The van der Waals surface area contributed by atoms with Gasteiger partial charge in [-0.15, -0.1) is 17.8 Å². The Balaban J connectivity index is 2.65. The van der Waals surface area contributed by atoms with E-state index in [1.807, 2.05) is 19.2 Å². The van der Waals surface area contributed by atoms with Gasteiger partial charge in [-0.05, 0) is 13.8 Å². The van der Waals surface area contributed by atoms with Crippen molar-refractivity contribution in [1.29, 1.82) is 0 Å². The summed E-state index contributed by atoms with van der Waals surface area (Å²) in [4.78, 5) is 17.4. The average Bonchev–Trinajstić information content (AvgIpc) is 2.75. The van der Waals surface area contributed by atoms with Crippen molar-refractivity contribution in [3.63, 3.8) is 0 Å². The number of anilines is 1. The summed E-state index contributed by atoms with van der Waals surface area (Å²) >= 11 is 1.47. The van der Waals surface area contributed by atoms with Gasteiger partial charge < -0.3 is 0 Å². The molecule has 0 radical (unpaired) electrons. The van der Waals surface area contributed by atoms with E-state index in [0.717, 1.165) is 10.8 Å². The van der Waals surface area contributed by atoms with E-state index in [2.05, 4.69) is 16.2 Å². The predicted molar refractivity (Wildman–Crippen MR) is 70.9 cm³/mol. The lowest BCUT2D eigenvalue weighted by atomic mass is 10.3. The molecular formula is C12H17N3OS. The third-order valence-electron chi connectivity index (χ3n) is 2.31. The summed E-state index contributed by atoms with van der Waals surface area (Å²) < 4.78 is 0. The Hall–Kier alpha value is -1.38. The van der Waals surface area contributed by atoms with Gasteiger partial charge in [0.25, 0.3) is 0 Å². The van der Waals surface area contributed by atoms with Gasteiger partial charge in [0.15, 0.2) is 5.13 Å². The first-order valence-corrected chi connectivity index (χ1v) is 6.38. The van der Waals surface area contributed by atoms with Gasteiger partial charge in [-0.1, -0.05) is 5.92 Å². The summed E-state index contributed by atoms with van der Waals surface area (Å²) in [6.07, 6.45) is 5.27. The molecule has 0 spiro atoms. The first-order chi connectivity index (χ1) is 8.08. The van der Waals surface area contributed by atoms with Crippen LogP contribution in [0.1, 0.15) is 26.5 Å². The number of hydrogen-bond donors (Lipinski definition) is 1. The summed E-state index contributed by atoms with van der Waals surface area (Å²) in [7, 11) is 0. The SMILES string of the molecule is C#CC(C)NCc1csc(N(CC)C(C)=O)n1. The number of rotatable bonds is 5. The standard InChI is InChI=1S/C12H17N3OS/c1-5-9(3)13-7-11-8-17-12(14-11)15(6-2)10(4)16/h1,8-9,13H,6-7H2,2-4H3. The molecule has 0 aliphatic rings. The Labute approximate surface area is 106 Å². The molecular weight excluding hydrogens is 234 g/mol. The van der Waals surface area contributed by atoms with Crippen molar-refractivity contribution in [3.8, 4) is 12.3 Å². The van der Waals surface area contributed by atoms with Crippen molar-refractivity contribution in [1.82, 2.24) is 10.3 Å². The number of aromatic nitrogens is 1. The molecule has 17 heavy (non-hydrogen) atoms. The first-order valence-electron chi connectivity index (χ1n) is 5.50.